The van der Waals surface area contributed by atoms with E-state index in [-0.39, 0.29) is 24.5 Å². The van der Waals surface area contributed by atoms with Crippen molar-refractivity contribution in [2.75, 3.05) is 17.7 Å². The second-order valence-electron chi connectivity index (χ2n) is 8.94. The summed E-state index contributed by atoms with van der Waals surface area (Å²) in [5, 5.41) is 12.8. The number of carbonyl (C=O) groups is 1. The zero-order valence-corrected chi connectivity index (χ0v) is 20.7. The number of carboxylic acid groups (broad SMARTS) is 1. The van der Waals surface area contributed by atoms with Crippen LogP contribution in [-0.4, -0.2) is 54.1 Å². The Morgan fingerprint density at radius 2 is 2.08 bits per heavy atom. The van der Waals surface area contributed by atoms with Gasteiger partial charge in [0, 0.05) is 12.0 Å². The third-order valence-corrected chi connectivity index (χ3v) is 7.37. The standard InChI is InChI=1S/C23H28N7O5P/c1-14(22(31)32)30(35-18-5-3-2-4-6-18)36(33)34-12-15-7-10-17(11-15)29-13-25-19-20(26-16-8-9-16)27-23(24)28-21(19)29/h2-7,10,13-17,36H,8-9,11-12H2,1H3,(H,31,32)(H3,24,26,27,28)/t14?,15?,17-/m0/s1. The van der Waals surface area contributed by atoms with Gasteiger partial charge in [-0.3, -0.25) is 9.36 Å². The number of aromatic nitrogens is 4. The molecule has 3 aromatic rings. The predicted octanol–water partition coefficient (Wildman–Crippen LogP) is 3.28. The highest BCUT2D eigenvalue weighted by molar-refractivity contribution is 7.36. The van der Waals surface area contributed by atoms with Crippen LogP contribution in [0.2, 0.25) is 0 Å². The van der Waals surface area contributed by atoms with Crippen molar-refractivity contribution in [1.29, 1.82) is 0 Å². The van der Waals surface area contributed by atoms with E-state index in [1.54, 1.807) is 36.7 Å². The van der Waals surface area contributed by atoms with Gasteiger partial charge in [-0.2, -0.15) is 9.97 Å². The number of carboxylic acids is 1. The molecule has 0 amide bonds. The molecule has 1 saturated carbocycles. The van der Waals surface area contributed by atoms with Crippen LogP contribution in [0.1, 0.15) is 32.2 Å². The monoisotopic (exact) mass is 513 g/mol. The summed E-state index contributed by atoms with van der Waals surface area (Å²) in [5.41, 5.74) is 7.27. The number of nitrogens with zero attached hydrogens (tertiary/aromatic N) is 5. The molecule has 4 atom stereocenters. The lowest BCUT2D eigenvalue weighted by Gasteiger charge is -2.25. The largest absolute Gasteiger partial charge is 0.480 e. The molecule has 36 heavy (non-hydrogen) atoms. The molecule has 0 spiro atoms. The number of allylic oxidation sites excluding steroid dienone is 1. The highest BCUT2D eigenvalue weighted by Gasteiger charge is 2.31. The minimum Gasteiger partial charge on any atom is -0.480 e. The summed E-state index contributed by atoms with van der Waals surface area (Å²) in [6, 6.07) is 7.78. The average molecular weight is 513 g/mol. The topological polar surface area (TPSA) is 158 Å². The molecule has 3 unspecified atom stereocenters. The van der Waals surface area contributed by atoms with E-state index in [1.165, 1.54) is 6.92 Å². The number of para-hydroxylation sites is 1. The Morgan fingerprint density at radius 3 is 2.81 bits per heavy atom. The summed E-state index contributed by atoms with van der Waals surface area (Å²) in [4.78, 5) is 31.3. The SMILES string of the molecule is CC(C(=O)O)N(Oc1ccccc1)[PH](=O)OCC1C=C[C@H](n2cnc3c(NC4CC4)nc(N)nc32)C1. The third-order valence-electron chi connectivity index (χ3n) is 6.12. The molecule has 1 aromatic carbocycles. The molecule has 0 bridgehead atoms. The van der Waals surface area contributed by atoms with Gasteiger partial charge in [0.15, 0.2) is 17.0 Å². The van der Waals surface area contributed by atoms with Gasteiger partial charge in [-0.15, -0.1) is 0 Å². The second-order valence-corrected chi connectivity index (χ2v) is 10.2. The molecule has 2 aliphatic carbocycles. The minimum atomic E-state index is -3.00. The molecule has 0 radical (unpaired) electrons. The maximum atomic E-state index is 12.9. The number of fused-ring (bicyclic) bond motifs is 1. The molecule has 1 fully saturated rings. The molecule has 5 rings (SSSR count). The normalized spacial score (nSPS) is 21.1. The number of nitrogens with one attached hydrogen (secondary N) is 1. The first-order valence-corrected chi connectivity index (χ1v) is 13.0. The number of hydrogen-bond donors (Lipinski definition) is 3. The van der Waals surface area contributed by atoms with E-state index in [0.717, 1.165) is 17.7 Å². The van der Waals surface area contributed by atoms with Gasteiger partial charge >= 0.3 is 5.97 Å². The first-order chi connectivity index (χ1) is 17.4. The summed E-state index contributed by atoms with van der Waals surface area (Å²) < 4.78 is 20.5. The van der Waals surface area contributed by atoms with Crippen LogP contribution in [0.5, 0.6) is 5.75 Å². The summed E-state index contributed by atoms with van der Waals surface area (Å²) in [5.74, 6) is -0.0118. The van der Waals surface area contributed by atoms with E-state index < -0.39 is 20.2 Å². The first kappa shape index (κ1) is 24.2. The number of hydrogen-bond acceptors (Lipinski definition) is 9. The number of hydroxylamine groups is 1. The van der Waals surface area contributed by atoms with Gasteiger partial charge in [0.05, 0.1) is 19.0 Å². The summed E-state index contributed by atoms with van der Waals surface area (Å²) in [7, 11) is -3.00. The molecule has 2 heterocycles. The molecule has 2 aromatic heterocycles. The van der Waals surface area contributed by atoms with Crippen LogP contribution in [0.4, 0.5) is 11.8 Å². The smallest absolute Gasteiger partial charge is 0.324 e. The molecular weight excluding hydrogens is 485 g/mol. The molecular formula is C23H28N7O5P. The lowest BCUT2D eigenvalue weighted by molar-refractivity contribution is -0.148. The van der Waals surface area contributed by atoms with E-state index in [1.807, 2.05) is 16.7 Å². The quantitative estimate of drug-likeness (QED) is 0.196. The average Bonchev–Trinajstić information content (AvgIpc) is 3.38. The van der Waals surface area contributed by atoms with Gasteiger partial charge in [-0.25, -0.2) is 4.98 Å². The Kier molecular flexibility index (Phi) is 6.90. The number of anilines is 2. The summed E-state index contributed by atoms with van der Waals surface area (Å²) >= 11 is 0. The molecule has 2 aliphatic rings. The Hall–Kier alpha value is -3.47. The number of nitrogens with two attached hydrogens (primary N) is 1. The molecule has 0 aliphatic heterocycles. The molecule has 12 nitrogen and oxygen atoms in total. The molecule has 0 saturated heterocycles. The van der Waals surface area contributed by atoms with Crippen LogP contribution < -0.4 is 15.9 Å². The summed E-state index contributed by atoms with van der Waals surface area (Å²) in [6.07, 6.45) is 8.61. The third kappa shape index (κ3) is 5.35. The molecule has 13 heteroatoms. The van der Waals surface area contributed by atoms with Crippen LogP contribution >= 0.6 is 8.18 Å². The van der Waals surface area contributed by atoms with E-state index in [0.29, 0.717) is 35.2 Å². The van der Waals surface area contributed by atoms with Crippen LogP contribution in [0.25, 0.3) is 11.2 Å². The van der Waals surface area contributed by atoms with Gasteiger partial charge in [0.2, 0.25) is 5.95 Å². The maximum absolute atomic E-state index is 12.9. The number of nitrogen functional groups attached to an aromatic ring is 1. The highest BCUT2D eigenvalue weighted by atomic mass is 31.1. The maximum Gasteiger partial charge on any atom is 0.324 e. The van der Waals surface area contributed by atoms with E-state index >= 15 is 0 Å². The van der Waals surface area contributed by atoms with Gasteiger partial charge in [0.25, 0.3) is 8.18 Å². The fourth-order valence-corrected chi connectivity index (χ4v) is 5.08. The number of imidazole rings is 1. The van der Waals surface area contributed by atoms with Gasteiger partial charge in [0.1, 0.15) is 11.8 Å². The zero-order valence-electron chi connectivity index (χ0n) is 19.7. The Labute approximate surface area is 208 Å². The number of rotatable bonds is 11. The van der Waals surface area contributed by atoms with Crippen molar-refractivity contribution >= 4 is 37.1 Å². The van der Waals surface area contributed by atoms with Crippen molar-refractivity contribution in [2.24, 2.45) is 5.92 Å². The summed E-state index contributed by atoms with van der Waals surface area (Å²) in [6.45, 7) is 1.54. The lowest BCUT2D eigenvalue weighted by atomic mass is 10.1. The van der Waals surface area contributed by atoms with E-state index in [4.69, 9.17) is 15.1 Å². The van der Waals surface area contributed by atoms with Crippen LogP contribution in [0, 0.1) is 5.92 Å². The zero-order chi connectivity index (χ0) is 25.2. The van der Waals surface area contributed by atoms with Crippen LogP contribution in [0.3, 0.4) is 0 Å². The van der Waals surface area contributed by atoms with E-state index in [9.17, 15) is 14.5 Å². The number of aliphatic carboxylic acids is 1. The van der Waals surface area contributed by atoms with Crippen molar-refractivity contribution in [3.63, 3.8) is 0 Å². The van der Waals surface area contributed by atoms with Gasteiger partial charge in [-0.05, 0) is 38.3 Å². The Balaban J connectivity index is 1.23. The molecule has 190 valence electrons. The van der Waals surface area contributed by atoms with Crippen molar-refractivity contribution in [3.05, 3.63) is 48.8 Å². The van der Waals surface area contributed by atoms with Crippen LogP contribution in [0.15, 0.2) is 48.8 Å². The van der Waals surface area contributed by atoms with Crippen molar-refractivity contribution in [2.45, 2.75) is 44.3 Å². The van der Waals surface area contributed by atoms with Crippen molar-refractivity contribution in [3.8, 4) is 5.75 Å². The molecule has 4 N–H and O–H groups in total. The second kappa shape index (κ2) is 10.3. The first-order valence-electron chi connectivity index (χ1n) is 11.8. The Morgan fingerprint density at radius 1 is 1.31 bits per heavy atom. The Bertz CT molecular complexity index is 1300. The van der Waals surface area contributed by atoms with Crippen LogP contribution in [-0.2, 0) is 13.9 Å². The lowest BCUT2D eigenvalue weighted by Crippen LogP contribution is -2.36. The highest BCUT2D eigenvalue weighted by Crippen LogP contribution is 2.37. The van der Waals surface area contributed by atoms with Gasteiger partial charge in [-0.1, -0.05) is 35.2 Å². The van der Waals surface area contributed by atoms with Crippen molar-refractivity contribution in [1.82, 2.24) is 24.4 Å². The fourth-order valence-electron chi connectivity index (χ4n) is 3.99. The van der Waals surface area contributed by atoms with Gasteiger partial charge < -0.3 is 30.1 Å². The van der Waals surface area contributed by atoms with Crippen molar-refractivity contribution < 1.29 is 23.8 Å². The predicted molar refractivity (Wildman–Crippen MR) is 134 cm³/mol. The fraction of sp³-hybridized carbons (Fsp3) is 0.391. The minimum absolute atomic E-state index is 0.0383. The van der Waals surface area contributed by atoms with E-state index in [2.05, 4.69) is 20.3 Å². The number of benzene rings is 1.